The average molecular weight is 405 g/mol. The number of benzene rings is 2. The van der Waals surface area contributed by atoms with Crippen LogP contribution in [0.25, 0.3) is 0 Å². The molecule has 0 saturated heterocycles. The molecule has 0 aliphatic heterocycles. The first-order valence-electron chi connectivity index (χ1n) is 9.99. The van der Waals surface area contributed by atoms with Crippen LogP contribution in [0.15, 0.2) is 83.5 Å². The van der Waals surface area contributed by atoms with Crippen LogP contribution in [0.2, 0.25) is 0 Å². The summed E-state index contributed by atoms with van der Waals surface area (Å²) in [6.07, 6.45) is 1.82. The van der Waals surface area contributed by atoms with Crippen molar-refractivity contribution in [1.29, 1.82) is 0 Å². The number of amides is 3. The van der Waals surface area contributed by atoms with Crippen LogP contribution < -0.4 is 5.32 Å². The maximum Gasteiger partial charge on any atom is 0.317 e. The van der Waals surface area contributed by atoms with Crippen LogP contribution in [-0.2, 0) is 24.4 Å². The number of furan rings is 1. The molecule has 0 atom stereocenters. The minimum Gasteiger partial charge on any atom is -0.467 e. The number of hydrogen-bond donors (Lipinski definition) is 1. The Bertz CT molecular complexity index is 911. The molecule has 6 heteroatoms. The minimum atomic E-state index is -0.202. The van der Waals surface area contributed by atoms with Crippen LogP contribution in [0.3, 0.4) is 0 Å². The summed E-state index contributed by atoms with van der Waals surface area (Å²) < 4.78 is 5.41. The van der Waals surface area contributed by atoms with E-state index in [-0.39, 0.29) is 24.9 Å². The third-order valence-electron chi connectivity index (χ3n) is 4.72. The lowest BCUT2D eigenvalue weighted by Crippen LogP contribution is -2.39. The van der Waals surface area contributed by atoms with E-state index >= 15 is 0 Å². The lowest BCUT2D eigenvalue weighted by molar-refractivity contribution is -0.132. The van der Waals surface area contributed by atoms with Gasteiger partial charge >= 0.3 is 6.03 Å². The zero-order valence-electron chi connectivity index (χ0n) is 17.2. The Kier molecular flexibility index (Phi) is 7.66. The summed E-state index contributed by atoms with van der Waals surface area (Å²) in [4.78, 5) is 28.5. The van der Waals surface area contributed by atoms with Gasteiger partial charge in [0.1, 0.15) is 5.76 Å². The number of nitrogens with one attached hydrogen (secondary N) is 1. The van der Waals surface area contributed by atoms with E-state index in [1.165, 1.54) is 0 Å². The van der Waals surface area contributed by atoms with Crippen molar-refractivity contribution < 1.29 is 14.0 Å². The second-order valence-electron chi connectivity index (χ2n) is 7.14. The highest BCUT2D eigenvalue weighted by molar-refractivity contribution is 5.78. The highest BCUT2D eigenvalue weighted by atomic mass is 16.3. The zero-order valence-corrected chi connectivity index (χ0v) is 17.2. The van der Waals surface area contributed by atoms with E-state index in [0.29, 0.717) is 19.6 Å². The molecule has 0 aliphatic carbocycles. The Hall–Kier alpha value is -3.54. The highest BCUT2D eigenvalue weighted by Gasteiger charge is 2.17. The van der Waals surface area contributed by atoms with Crippen molar-refractivity contribution in [2.45, 2.75) is 26.1 Å². The molecule has 0 aliphatic rings. The molecule has 1 aromatic heterocycles. The number of urea groups is 1. The van der Waals surface area contributed by atoms with E-state index in [2.05, 4.69) is 5.32 Å². The van der Waals surface area contributed by atoms with Gasteiger partial charge in [0.25, 0.3) is 0 Å². The number of nitrogens with zero attached hydrogens (tertiary/aromatic N) is 2. The molecule has 3 amide bonds. The third-order valence-corrected chi connectivity index (χ3v) is 4.72. The van der Waals surface area contributed by atoms with Gasteiger partial charge in [0.15, 0.2) is 0 Å². The van der Waals surface area contributed by atoms with Gasteiger partial charge in [-0.1, -0.05) is 60.7 Å². The molecule has 6 nitrogen and oxygen atoms in total. The van der Waals surface area contributed by atoms with E-state index in [4.69, 9.17) is 4.42 Å². The van der Waals surface area contributed by atoms with E-state index in [1.807, 2.05) is 72.8 Å². The van der Waals surface area contributed by atoms with Gasteiger partial charge in [-0.3, -0.25) is 4.79 Å². The average Bonchev–Trinajstić information content (AvgIpc) is 3.27. The second-order valence-corrected chi connectivity index (χ2v) is 7.14. The smallest absolute Gasteiger partial charge is 0.317 e. The van der Waals surface area contributed by atoms with Crippen LogP contribution in [0, 0.1) is 0 Å². The van der Waals surface area contributed by atoms with E-state index in [0.717, 1.165) is 16.9 Å². The van der Waals surface area contributed by atoms with Crippen molar-refractivity contribution >= 4 is 11.9 Å². The third kappa shape index (κ3) is 6.51. The summed E-state index contributed by atoms with van der Waals surface area (Å²) in [7, 11) is 1.74. The molecule has 0 fully saturated rings. The predicted molar refractivity (Wildman–Crippen MR) is 115 cm³/mol. The molecule has 0 radical (unpaired) electrons. The van der Waals surface area contributed by atoms with Crippen LogP contribution >= 0.6 is 0 Å². The Morgan fingerprint density at radius 3 is 2.07 bits per heavy atom. The Balaban J connectivity index is 1.51. The molecule has 30 heavy (non-hydrogen) atoms. The van der Waals surface area contributed by atoms with Crippen LogP contribution in [0.5, 0.6) is 0 Å². The van der Waals surface area contributed by atoms with Gasteiger partial charge in [0.2, 0.25) is 5.91 Å². The summed E-state index contributed by atoms with van der Waals surface area (Å²) in [6.45, 7) is 1.67. The van der Waals surface area contributed by atoms with Crippen molar-refractivity contribution in [2.75, 3.05) is 13.6 Å². The van der Waals surface area contributed by atoms with Gasteiger partial charge in [0, 0.05) is 33.1 Å². The first-order valence-corrected chi connectivity index (χ1v) is 9.99. The monoisotopic (exact) mass is 405 g/mol. The largest absolute Gasteiger partial charge is 0.467 e. The molecule has 1 N–H and O–H groups in total. The topological polar surface area (TPSA) is 65.8 Å². The zero-order chi connectivity index (χ0) is 21.2. The Labute approximate surface area is 177 Å². The van der Waals surface area contributed by atoms with Crippen molar-refractivity contribution in [3.8, 4) is 0 Å². The molecule has 0 bridgehead atoms. The summed E-state index contributed by atoms with van der Waals surface area (Å²) in [5, 5.41) is 2.83. The van der Waals surface area contributed by atoms with Crippen molar-refractivity contribution in [3.05, 3.63) is 95.9 Å². The van der Waals surface area contributed by atoms with Gasteiger partial charge in [-0.2, -0.15) is 0 Å². The normalized spacial score (nSPS) is 10.4. The second kappa shape index (κ2) is 10.9. The molecule has 3 rings (SSSR count). The maximum atomic E-state index is 12.8. The molecule has 0 saturated carbocycles. The number of rotatable bonds is 9. The summed E-state index contributed by atoms with van der Waals surface area (Å²) in [5.41, 5.74) is 2.10. The SMILES string of the molecule is CN(Cc1ccccc1)C(=O)NCCC(=O)N(Cc1ccccc1)Cc1ccco1. The quantitative estimate of drug-likeness (QED) is 0.584. The predicted octanol–water partition coefficient (Wildman–Crippen LogP) is 4.04. The summed E-state index contributed by atoms with van der Waals surface area (Å²) in [5.74, 6) is 0.687. The van der Waals surface area contributed by atoms with Gasteiger partial charge in [-0.15, -0.1) is 0 Å². The van der Waals surface area contributed by atoms with Crippen LogP contribution in [-0.4, -0.2) is 35.3 Å². The first kappa shape index (κ1) is 21.2. The van der Waals surface area contributed by atoms with E-state index in [9.17, 15) is 9.59 Å². The standard InChI is InChI=1S/C24H27N3O3/c1-26(17-20-9-4-2-5-10-20)24(29)25-15-14-23(28)27(19-22-13-8-16-30-22)18-21-11-6-3-7-12-21/h2-13,16H,14-15,17-19H2,1H3,(H,25,29). The number of carbonyl (C=O) groups is 2. The minimum absolute atomic E-state index is 0.0405. The Morgan fingerprint density at radius 2 is 1.47 bits per heavy atom. The molecule has 0 spiro atoms. The van der Waals surface area contributed by atoms with Crippen LogP contribution in [0.1, 0.15) is 23.3 Å². The maximum absolute atomic E-state index is 12.8. The number of carbonyl (C=O) groups excluding carboxylic acids is 2. The molecule has 156 valence electrons. The first-order chi connectivity index (χ1) is 14.6. The fraction of sp³-hybridized carbons (Fsp3) is 0.250. The van der Waals surface area contributed by atoms with Gasteiger partial charge in [-0.25, -0.2) is 4.79 Å². The molecule has 1 heterocycles. The fourth-order valence-electron chi connectivity index (χ4n) is 3.13. The lowest BCUT2D eigenvalue weighted by atomic mass is 10.2. The molecule has 0 unspecified atom stereocenters. The van der Waals surface area contributed by atoms with E-state index in [1.54, 1.807) is 23.1 Å². The van der Waals surface area contributed by atoms with E-state index < -0.39 is 0 Å². The van der Waals surface area contributed by atoms with Crippen molar-refractivity contribution in [2.24, 2.45) is 0 Å². The molecular weight excluding hydrogens is 378 g/mol. The van der Waals surface area contributed by atoms with Crippen LogP contribution in [0.4, 0.5) is 4.79 Å². The van der Waals surface area contributed by atoms with Gasteiger partial charge in [-0.05, 0) is 23.3 Å². The summed E-state index contributed by atoms with van der Waals surface area (Å²) >= 11 is 0. The molecule has 2 aromatic carbocycles. The number of hydrogen-bond acceptors (Lipinski definition) is 3. The van der Waals surface area contributed by atoms with Gasteiger partial charge < -0.3 is 19.5 Å². The molecular formula is C24H27N3O3. The van der Waals surface area contributed by atoms with Crippen molar-refractivity contribution in [1.82, 2.24) is 15.1 Å². The van der Waals surface area contributed by atoms with Gasteiger partial charge in [0.05, 0.1) is 12.8 Å². The molecule has 3 aromatic rings. The van der Waals surface area contributed by atoms with Crippen molar-refractivity contribution in [3.63, 3.8) is 0 Å². The lowest BCUT2D eigenvalue weighted by Gasteiger charge is -2.23. The summed E-state index contributed by atoms with van der Waals surface area (Å²) in [6, 6.07) is 23.1. The Morgan fingerprint density at radius 1 is 0.833 bits per heavy atom. The highest BCUT2D eigenvalue weighted by Crippen LogP contribution is 2.12. The fourth-order valence-corrected chi connectivity index (χ4v) is 3.13.